The molecule has 0 aliphatic carbocycles. The van der Waals surface area contributed by atoms with Gasteiger partial charge in [-0.05, 0) is 18.3 Å². The predicted molar refractivity (Wildman–Crippen MR) is 40.6 cm³/mol. The van der Waals surface area contributed by atoms with Crippen molar-refractivity contribution in [2.75, 3.05) is 13.7 Å². The van der Waals surface area contributed by atoms with Crippen LogP contribution < -0.4 is 0 Å². The smallest absolute Gasteiger partial charge is 0.0515 e. The van der Waals surface area contributed by atoms with Crippen LogP contribution in [0.3, 0.4) is 0 Å². The summed E-state index contributed by atoms with van der Waals surface area (Å²) < 4.78 is 5.09. The van der Waals surface area contributed by atoms with Crippen LogP contribution in [0.4, 0.5) is 0 Å². The van der Waals surface area contributed by atoms with Crippen molar-refractivity contribution in [3.8, 4) is 0 Å². The van der Waals surface area contributed by atoms with E-state index in [-0.39, 0.29) is 0 Å². The summed E-state index contributed by atoms with van der Waals surface area (Å²) >= 11 is 0. The molecule has 0 aromatic heterocycles. The minimum atomic E-state index is 0.411. The summed E-state index contributed by atoms with van der Waals surface area (Å²) in [6.07, 6.45) is 2.41. The SMILES string of the molecule is CCC(C)(CC)COC. The standard InChI is InChI=1S/C8H18O/c1-5-8(3,6-2)7-9-4/h5-7H2,1-4H3. The Labute approximate surface area is 58.4 Å². The molecule has 0 aromatic carbocycles. The van der Waals surface area contributed by atoms with E-state index in [9.17, 15) is 0 Å². The van der Waals surface area contributed by atoms with Gasteiger partial charge < -0.3 is 4.74 Å². The lowest BCUT2D eigenvalue weighted by Crippen LogP contribution is -2.20. The molecular formula is C8H18O. The molecule has 0 aliphatic heterocycles. The number of hydrogen-bond donors (Lipinski definition) is 0. The summed E-state index contributed by atoms with van der Waals surface area (Å²) in [7, 11) is 1.77. The van der Waals surface area contributed by atoms with Crippen LogP contribution in [0.5, 0.6) is 0 Å². The molecular weight excluding hydrogens is 112 g/mol. The Bertz CT molecular complexity index is 65.0. The molecule has 0 spiro atoms. The Morgan fingerprint density at radius 1 is 1.22 bits per heavy atom. The van der Waals surface area contributed by atoms with Gasteiger partial charge in [0.25, 0.3) is 0 Å². The zero-order valence-electron chi connectivity index (χ0n) is 7.03. The molecule has 0 saturated heterocycles. The molecule has 1 nitrogen and oxygen atoms in total. The maximum absolute atomic E-state index is 5.09. The third kappa shape index (κ3) is 2.85. The lowest BCUT2D eigenvalue weighted by molar-refractivity contribution is 0.0860. The summed E-state index contributed by atoms with van der Waals surface area (Å²) in [5.41, 5.74) is 0.411. The molecule has 0 N–H and O–H groups in total. The fraction of sp³-hybridized carbons (Fsp3) is 1.00. The van der Waals surface area contributed by atoms with Crippen LogP contribution in [0.25, 0.3) is 0 Å². The number of rotatable bonds is 4. The second-order valence-electron chi connectivity index (χ2n) is 2.95. The van der Waals surface area contributed by atoms with Gasteiger partial charge in [-0.25, -0.2) is 0 Å². The summed E-state index contributed by atoms with van der Waals surface area (Å²) in [6, 6.07) is 0. The zero-order valence-corrected chi connectivity index (χ0v) is 7.03. The van der Waals surface area contributed by atoms with Crippen molar-refractivity contribution in [2.45, 2.75) is 33.6 Å². The Morgan fingerprint density at radius 3 is 1.78 bits per heavy atom. The van der Waals surface area contributed by atoms with Gasteiger partial charge in [-0.2, -0.15) is 0 Å². The maximum atomic E-state index is 5.09. The Kier molecular flexibility index (Phi) is 3.87. The lowest BCUT2D eigenvalue weighted by atomic mass is 9.86. The van der Waals surface area contributed by atoms with Crippen molar-refractivity contribution in [1.29, 1.82) is 0 Å². The summed E-state index contributed by atoms with van der Waals surface area (Å²) in [5, 5.41) is 0. The van der Waals surface area contributed by atoms with Crippen LogP contribution in [0.2, 0.25) is 0 Å². The second-order valence-corrected chi connectivity index (χ2v) is 2.95. The molecule has 56 valence electrons. The number of hydrogen-bond acceptors (Lipinski definition) is 1. The highest BCUT2D eigenvalue weighted by Crippen LogP contribution is 2.24. The van der Waals surface area contributed by atoms with E-state index in [2.05, 4.69) is 20.8 Å². The van der Waals surface area contributed by atoms with Crippen LogP contribution in [-0.2, 0) is 4.74 Å². The monoisotopic (exact) mass is 130 g/mol. The van der Waals surface area contributed by atoms with Crippen LogP contribution in [0.1, 0.15) is 33.6 Å². The quantitative estimate of drug-likeness (QED) is 0.568. The average molecular weight is 130 g/mol. The van der Waals surface area contributed by atoms with E-state index >= 15 is 0 Å². The van der Waals surface area contributed by atoms with E-state index in [4.69, 9.17) is 4.74 Å². The minimum Gasteiger partial charge on any atom is -0.384 e. The molecule has 0 saturated carbocycles. The van der Waals surface area contributed by atoms with Gasteiger partial charge in [0.2, 0.25) is 0 Å². The van der Waals surface area contributed by atoms with E-state index in [0.29, 0.717) is 5.41 Å². The molecule has 0 fully saturated rings. The fourth-order valence-corrected chi connectivity index (χ4v) is 0.803. The van der Waals surface area contributed by atoms with Gasteiger partial charge >= 0.3 is 0 Å². The summed E-state index contributed by atoms with van der Waals surface area (Å²) in [4.78, 5) is 0. The second kappa shape index (κ2) is 3.89. The molecule has 1 heteroatoms. The van der Waals surface area contributed by atoms with Crippen molar-refractivity contribution in [2.24, 2.45) is 5.41 Å². The lowest BCUT2D eigenvalue weighted by Gasteiger charge is -2.24. The van der Waals surface area contributed by atoms with Crippen LogP contribution in [0, 0.1) is 5.41 Å². The first-order chi connectivity index (χ1) is 4.18. The topological polar surface area (TPSA) is 9.23 Å². The maximum Gasteiger partial charge on any atom is 0.0515 e. The number of methoxy groups -OCH3 is 1. The van der Waals surface area contributed by atoms with Gasteiger partial charge in [-0.3, -0.25) is 0 Å². The largest absolute Gasteiger partial charge is 0.384 e. The van der Waals surface area contributed by atoms with Crippen LogP contribution in [0.15, 0.2) is 0 Å². The molecule has 0 amide bonds. The predicted octanol–water partition coefficient (Wildman–Crippen LogP) is 2.46. The first kappa shape index (κ1) is 8.96. The van der Waals surface area contributed by atoms with Crippen LogP contribution >= 0.6 is 0 Å². The fourth-order valence-electron chi connectivity index (χ4n) is 0.803. The van der Waals surface area contributed by atoms with E-state index in [0.717, 1.165) is 6.61 Å². The normalized spacial score (nSPS) is 12.0. The van der Waals surface area contributed by atoms with E-state index in [1.54, 1.807) is 7.11 Å². The minimum absolute atomic E-state index is 0.411. The molecule has 9 heavy (non-hydrogen) atoms. The van der Waals surface area contributed by atoms with Crippen molar-refractivity contribution in [3.63, 3.8) is 0 Å². The molecule has 0 rings (SSSR count). The summed E-state index contributed by atoms with van der Waals surface area (Å²) in [6.45, 7) is 7.57. The van der Waals surface area contributed by atoms with Gasteiger partial charge in [-0.15, -0.1) is 0 Å². The van der Waals surface area contributed by atoms with Gasteiger partial charge in [0.1, 0.15) is 0 Å². The third-order valence-electron chi connectivity index (χ3n) is 2.20. The van der Waals surface area contributed by atoms with Crippen molar-refractivity contribution in [3.05, 3.63) is 0 Å². The highest BCUT2D eigenvalue weighted by atomic mass is 16.5. The molecule has 0 bridgehead atoms. The van der Waals surface area contributed by atoms with E-state index < -0.39 is 0 Å². The molecule has 0 heterocycles. The zero-order chi connectivity index (χ0) is 7.33. The van der Waals surface area contributed by atoms with E-state index in [1.807, 2.05) is 0 Å². The third-order valence-corrected chi connectivity index (χ3v) is 2.20. The van der Waals surface area contributed by atoms with Gasteiger partial charge in [0, 0.05) is 7.11 Å². The first-order valence-electron chi connectivity index (χ1n) is 3.67. The Hall–Kier alpha value is -0.0400. The highest BCUT2D eigenvalue weighted by molar-refractivity contribution is 4.68. The van der Waals surface area contributed by atoms with Crippen molar-refractivity contribution >= 4 is 0 Å². The molecule has 0 aliphatic rings. The van der Waals surface area contributed by atoms with Gasteiger partial charge in [0.05, 0.1) is 6.61 Å². The Morgan fingerprint density at radius 2 is 1.67 bits per heavy atom. The number of ether oxygens (including phenoxy) is 1. The van der Waals surface area contributed by atoms with Crippen molar-refractivity contribution < 1.29 is 4.74 Å². The highest BCUT2D eigenvalue weighted by Gasteiger charge is 2.18. The molecule has 0 aromatic rings. The summed E-state index contributed by atoms with van der Waals surface area (Å²) in [5.74, 6) is 0. The average Bonchev–Trinajstić information content (AvgIpc) is 1.89. The molecule has 0 radical (unpaired) electrons. The first-order valence-corrected chi connectivity index (χ1v) is 3.67. The van der Waals surface area contributed by atoms with Crippen molar-refractivity contribution in [1.82, 2.24) is 0 Å². The Balaban J connectivity index is 3.62. The van der Waals surface area contributed by atoms with E-state index in [1.165, 1.54) is 12.8 Å². The van der Waals surface area contributed by atoms with Gasteiger partial charge in [0.15, 0.2) is 0 Å². The van der Waals surface area contributed by atoms with Crippen LogP contribution in [-0.4, -0.2) is 13.7 Å². The van der Waals surface area contributed by atoms with Gasteiger partial charge in [-0.1, -0.05) is 20.8 Å². The molecule has 0 atom stereocenters. The molecule has 0 unspecified atom stereocenters.